The van der Waals surface area contributed by atoms with Gasteiger partial charge in [-0.3, -0.25) is 0 Å². The number of nitrogens with zero attached hydrogens (tertiary/aromatic N) is 1. The Morgan fingerprint density at radius 3 is 2.09 bits per heavy atom. The van der Waals surface area contributed by atoms with Crippen molar-refractivity contribution in [1.82, 2.24) is 0 Å². The lowest BCUT2D eigenvalue weighted by atomic mass is 9.70. The molecule has 0 amide bonds. The summed E-state index contributed by atoms with van der Waals surface area (Å²) in [5, 5.41) is 0. The highest BCUT2D eigenvalue weighted by Crippen LogP contribution is 2.47. The monoisotopic (exact) mass is 515 g/mol. The van der Waals surface area contributed by atoms with Gasteiger partial charge in [-0.2, -0.15) is 12.8 Å². The molecule has 2 rings (SSSR count). The second-order valence-corrected chi connectivity index (χ2v) is 18.0. The van der Waals surface area contributed by atoms with E-state index in [4.69, 9.17) is 10.8 Å². The fraction of sp³-hybridized carbons (Fsp3) is 0.621. The molecular formula is C29H45NO3SSi. The second-order valence-electron chi connectivity index (χ2n) is 11.0. The van der Waals surface area contributed by atoms with Gasteiger partial charge in [-0.25, -0.2) is 0 Å². The Labute approximate surface area is 215 Å². The molecule has 0 aromatic heterocycles. The van der Waals surface area contributed by atoms with Crippen LogP contribution in [0, 0.1) is 30.6 Å². The first kappa shape index (κ1) is 29.4. The van der Waals surface area contributed by atoms with Crippen molar-refractivity contribution < 1.29 is 12.8 Å². The van der Waals surface area contributed by atoms with Gasteiger partial charge in [0.15, 0.2) is 0 Å². The predicted octanol–water partition coefficient (Wildman–Crippen LogP) is 8.05. The number of sulfonamides is 1. The Morgan fingerprint density at radius 2 is 1.63 bits per heavy atom. The molecule has 0 aliphatic heterocycles. The molecule has 0 heterocycles. The summed E-state index contributed by atoms with van der Waals surface area (Å²) in [5.74, 6) is 3.87. The fourth-order valence-electron chi connectivity index (χ4n) is 5.99. The molecule has 0 N–H and O–H groups in total. The van der Waals surface area contributed by atoms with Crippen molar-refractivity contribution in [3.05, 3.63) is 41.7 Å². The molecule has 0 saturated carbocycles. The Morgan fingerprint density at radius 1 is 1.09 bits per heavy atom. The maximum absolute atomic E-state index is 13.3. The summed E-state index contributed by atoms with van der Waals surface area (Å²) in [6.07, 6.45) is 11.0. The summed E-state index contributed by atoms with van der Waals surface area (Å²) in [5.41, 5.74) is 2.17. The normalized spacial score (nSPS) is 22.9. The van der Waals surface area contributed by atoms with Gasteiger partial charge in [-0.1, -0.05) is 85.4 Å². The minimum absolute atomic E-state index is 0.0879. The second kappa shape index (κ2) is 11.5. The number of benzene rings is 1. The summed E-state index contributed by atoms with van der Waals surface area (Å²) in [7, 11) is -6.02. The van der Waals surface area contributed by atoms with E-state index in [0.717, 1.165) is 17.7 Å². The number of hydrogen-bond acceptors (Lipinski definition) is 3. The van der Waals surface area contributed by atoms with Crippen molar-refractivity contribution in [2.24, 2.45) is 15.7 Å². The van der Waals surface area contributed by atoms with Crippen LogP contribution in [0.2, 0.25) is 16.6 Å². The van der Waals surface area contributed by atoms with E-state index in [1.807, 2.05) is 6.92 Å². The first-order chi connectivity index (χ1) is 16.3. The lowest BCUT2D eigenvalue weighted by Crippen LogP contribution is -2.47. The summed E-state index contributed by atoms with van der Waals surface area (Å²) >= 11 is 0. The van der Waals surface area contributed by atoms with Crippen LogP contribution in [0.15, 0.2) is 45.4 Å². The highest BCUT2D eigenvalue weighted by Gasteiger charge is 2.48. The van der Waals surface area contributed by atoms with Crippen LogP contribution >= 0.6 is 0 Å². The third-order valence-corrected chi connectivity index (χ3v) is 15.2. The van der Waals surface area contributed by atoms with E-state index in [1.54, 1.807) is 24.3 Å². The van der Waals surface area contributed by atoms with Crippen molar-refractivity contribution in [2.75, 3.05) is 0 Å². The number of hydrogen-bond donors (Lipinski definition) is 0. The zero-order valence-electron chi connectivity index (χ0n) is 23.2. The fourth-order valence-corrected chi connectivity index (χ4v) is 12.4. The standard InChI is InChI=1S/C29H45NO3SSi/c1-11-19-29(12-2)25(10)20-26(33-35(21(3)4,22(5)6)23(7)8)15-18-28(29)30-34(31,32)27-16-13-24(9)14-17-27/h2,13-14,16-17,20-23,25H,11,15,18-19H2,1,3-10H3/b30-28+/t25-,29-/m0/s1. The molecule has 0 radical (unpaired) electrons. The molecule has 0 fully saturated rings. The maximum atomic E-state index is 13.3. The SMILES string of the molecule is C#C[C@@]1(CCC)/C(=N/S(=O)(=O)c2ccc(C)cc2)CCC(O[Si](C(C)C)(C(C)C)C(C)C)=C[C@@H]1C. The van der Waals surface area contributed by atoms with Crippen LogP contribution in [-0.4, -0.2) is 22.4 Å². The van der Waals surface area contributed by atoms with Crippen LogP contribution < -0.4 is 0 Å². The molecule has 4 nitrogen and oxygen atoms in total. The van der Waals surface area contributed by atoms with Gasteiger partial charge >= 0.3 is 0 Å². The zero-order chi connectivity index (χ0) is 26.6. The van der Waals surface area contributed by atoms with Crippen LogP contribution in [0.4, 0.5) is 0 Å². The molecule has 0 unspecified atom stereocenters. The zero-order valence-corrected chi connectivity index (χ0v) is 25.0. The molecule has 6 heteroatoms. The third-order valence-electron chi connectivity index (χ3n) is 7.80. The van der Waals surface area contributed by atoms with Crippen molar-refractivity contribution in [3.63, 3.8) is 0 Å². The van der Waals surface area contributed by atoms with E-state index in [9.17, 15) is 8.42 Å². The van der Waals surface area contributed by atoms with Gasteiger partial charge in [0.2, 0.25) is 0 Å². The van der Waals surface area contributed by atoms with E-state index < -0.39 is 23.8 Å². The summed E-state index contributed by atoms with van der Waals surface area (Å²) in [6.45, 7) is 19.7. The first-order valence-electron chi connectivity index (χ1n) is 13.0. The van der Waals surface area contributed by atoms with Crippen molar-refractivity contribution in [1.29, 1.82) is 0 Å². The maximum Gasteiger partial charge on any atom is 0.282 e. The molecule has 35 heavy (non-hydrogen) atoms. The summed E-state index contributed by atoms with van der Waals surface area (Å²) in [4.78, 5) is 0.199. The molecule has 1 aliphatic rings. The van der Waals surface area contributed by atoms with Crippen LogP contribution in [0.1, 0.15) is 86.6 Å². The molecule has 0 spiro atoms. The molecule has 1 aromatic rings. The van der Waals surface area contributed by atoms with E-state index in [2.05, 4.69) is 71.8 Å². The van der Waals surface area contributed by atoms with Gasteiger partial charge in [0.1, 0.15) is 0 Å². The van der Waals surface area contributed by atoms with Gasteiger partial charge in [0, 0.05) is 6.42 Å². The molecule has 1 aromatic carbocycles. The quantitative estimate of drug-likeness (QED) is 0.247. The largest absolute Gasteiger partial charge is 0.546 e. The van der Waals surface area contributed by atoms with Gasteiger partial charge in [0.05, 0.1) is 21.8 Å². The lowest BCUT2D eigenvalue weighted by Gasteiger charge is -2.43. The van der Waals surface area contributed by atoms with Crippen LogP contribution in [0.25, 0.3) is 0 Å². The molecule has 194 valence electrons. The third kappa shape index (κ3) is 5.94. The molecular weight excluding hydrogens is 470 g/mol. The Hall–Kier alpha value is -1.84. The average molecular weight is 516 g/mol. The number of rotatable bonds is 9. The van der Waals surface area contributed by atoms with Crippen LogP contribution in [0.3, 0.4) is 0 Å². The minimum Gasteiger partial charge on any atom is -0.546 e. The predicted molar refractivity (Wildman–Crippen MR) is 151 cm³/mol. The molecule has 0 saturated heterocycles. The van der Waals surface area contributed by atoms with Gasteiger partial charge in [-0.05, 0) is 60.5 Å². The van der Waals surface area contributed by atoms with E-state index in [-0.39, 0.29) is 10.8 Å². The topological polar surface area (TPSA) is 55.7 Å². The smallest absolute Gasteiger partial charge is 0.282 e. The highest BCUT2D eigenvalue weighted by atomic mass is 32.2. The van der Waals surface area contributed by atoms with E-state index >= 15 is 0 Å². The Balaban J connectivity index is 2.60. The van der Waals surface area contributed by atoms with E-state index in [0.29, 0.717) is 41.6 Å². The van der Waals surface area contributed by atoms with Gasteiger partial charge in [0.25, 0.3) is 18.3 Å². The number of aryl methyl sites for hydroxylation is 1. The first-order valence-corrected chi connectivity index (χ1v) is 16.6. The van der Waals surface area contributed by atoms with Crippen molar-refractivity contribution >= 4 is 24.1 Å². The van der Waals surface area contributed by atoms with Crippen LogP contribution in [0.5, 0.6) is 0 Å². The number of allylic oxidation sites excluding steroid dienone is 2. The highest BCUT2D eigenvalue weighted by molar-refractivity contribution is 7.90. The van der Waals surface area contributed by atoms with Crippen molar-refractivity contribution in [3.8, 4) is 12.3 Å². The molecule has 0 bridgehead atoms. The summed E-state index contributed by atoms with van der Waals surface area (Å²) in [6, 6.07) is 6.83. The van der Waals surface area contributed by atoms with Gasteiger partial charge < -0.3 is 4.43 Å². The minimum atomic E-state index is -3.87. The van der Waals surface area contributed by atoms with Crippen LogP contribution in [-0.2, 0) is 14.4 Å². The lowest BCUT2D eigenvalue weighted by molar-refractivity contribution is 0.346. The van der Waals surface area contributed by atoms with E-state index in [1.165, 1.54) is 0 Å². The Kier molecular flexibility index (Phi) is 9.64. The molecule has 1 aliphatic carbocycles. The average Bonchev–Trinajstić information content (AvgIpc) is 2.88. The Bertz CT molecular complexity index is 1060. The number of terminal acetylenes is 1. The van der Waals surface area contributed by atoms with Crippen molar-refractivity contribution in [2.45, 2.75) is 110 Å². The summed E-state index contributed by atoms with van der Waals surface area (Å²) < 4.78 is 38.1. The van der Waals surface area contributed by atoms with Gasteiger partial charge in [-0.15, -0.1) is 6.42 Å². The molecule has 2 atom stereocenters.